The van der Waals surface area contributed by atoms with Crippen LogP contribution in [0.4, 0.5) is 14.5 Å². The number of rotatable bonds is 7. The molecule has 1 atom stereocenters. The fraction of sp³-hybridized carbons (Fsp3) is 0.174. The largest absolute Gasteiger partial charge is 0.325 e. The van der Waals surface area contributed by atoms with Crippen molar-refractivity contribution in [3.63, 3.8) is 0 Å². The predicted molar refractivity (Wildman–Crippen MR) is 107 cm³/mol. The minimum atomic E-state index is -0.898. The molecule has 0 aliphatic carbocycles. The number of hydrogen-bond acceptors (Lipinski definition) is 2. The molecule has 0 unspecified atom stereocenters. The molecule has 2 N–H and O–H groups in total. The second kappa shape index (κ2) is 9.24. The molecule has 3 rings (SSSR count). The summed E-state index contributed by atoms with van der Waals surface area (Å²) in [6, 6.07) is 21.1. The maximum atomic E-state index is 13.4. The predicted octanol–water partition coefficient (Wildman–Crippen LogP) is 4.84. The zero-order chi connectivity index (χ0) is 19.9. The van der Waals surface area contributed by atoms with Crippen molar-refractivity contribution in [1.29, 1.82) is 0 Å². The summed E-state index contributed by atoms with van der Waals surface area (Å²) in [6.45, 7) is 1.85. The summed E-state index contributed by atoms with van der Waals surface area (Å²) in [5, 5.41) is 5.96. The Balaban J connectivity index is 1.59. The highest BCUT2D eigenvalue weighted by Gasteiger charge is 2.12. The van der Waals surface area contributed by atoms with Crippen LogP contribution in [0.1, 0.15) is 29.7 Å². The summed E-state index contributed by atoms with van der Waals surface area (Å²) in [5.74, 6) is -1.98. The van der Waals surface area contributed by atoms with Crippen LogP contribution in [0.25, 0.3) is 0 Å². The maximum absolute atomic E-state index is 13.4. The maximum Gasteiger partial charge on any atom is 0.238 e. The van der Waals surface area contributed by atoms with Crippen molar-refractivity contribution >= 4 is 11.6 Å². The molecule has 0 saturated heterocycles. The van der Waals surface area contributed by atoms with Gasteiger partial charge in [-0.1, -0.05) is 54.6 Å². The van der Waals surface area contributed by atoms with Crippen molar-refractivity contribution in [2.75, 3.05) is 11.9 Å². The number of halogens is 2. The number of hydrogen-bond donors (Lipinski definition) is 2. The molecule has 3 aromatic carbocycles. The lowest BCUT2D eigenvalue weighted by atomic mass is 10.0. The van der Waals surface area contributed by atoms with Gasteiger partial charge in [-0.25, -0.2) is 8.78 Å². The van der Waals surface area contributed by atoms with E-state index in [1.54, 1.807) is 6.92 Å². The SMILES string of the molecule is C[C@H](NCC(=O)Nc1ccccc1Cc1ccccc1)c1ccc(F)c(F)c1. The molecule has 3 nitrogen and oxygen atoms in total. The number of amides is 1. The van der Waals surface area contributed by atoms with Gasteiger partial charge in [-0.3, -0.25) is 4.79 Å². The second-order valence-corrected chi connectivity index (χ2v) is 6.64. The fourth-order valence-electron chi connectivity index (χ4n) is 2.95. The summed E-state index contributed by atoms with van der Waals surface area (Å²) in [4.78, 5) is 12.4. The number of para-hydroxylation sites is 1. The first-order valence-electron chi connectivity index (χ1n) is 9.13. The Morgan fingerprint density at radius 3 is 2.39 bits per heavy atom. The van der Waals surface area contributed by atoms with Crippen LogP contribution in [0.2, 0.25) is 0 Å². The van der Waals surface area contributed by atoms with Crippen LogP contribution in [0.5, 0.6) is 0 Å². The van der Waals surface area contributed by atoms with Crippen molar-refractivity contribution in [2.24, 2.45) is 0 Å². The molecule has 0 fully saturated rings. The van der Waals surface area contributed by atoms with Crippen molar-refractivity contribution in [3.05, 3.63) is 101 Å². The Labute approximate surface area is 163 Å². The van der Waals surface area contributed by atoms with E-state index in [0.717, 1.165) is 35.4 Å². The zero-order valence-corrected chi connectivity index (χ0v) is 15.6. The van der Waals surface area contributed by atoms with Gasteiger partial charge in [0.05, 0.1) is 6.54 Å². The van der Waals surface area contributed by atoms with Gasteiger partial charge in [0.1, 0.15) is 0 Å². The minimum Gasteiger partial charge on any atom is -0.325 e. The van der Waals surface area contributed by atoms with Gasteiger partial charge in [0.25, 0.3) is 0 Å². The highest BCUT2D eigenvalue weighted by atomic mass is 19.2. The van der Waals surface area contributed by atoms with Crippen LogP contribution in [0.15, 0.2) is 72.8 Å². The van der Waals surface area contributed by atoms with Gasteiger partial charge in [-0.2, -0.15) is 0 Å². The number of carbonyl (C=O) groups excluding carboxylic acids is 1. The normalized spacial score (nSPS) is 11.8. The van der Waals surface area contributed by atoms with Crippen LogP contribution < -0.4 is 10.6 Å². The number of benzene rings is 3. The van der Waals surface area contributed by atoms with Crippen LogP contribution in [-0.4, -0.2) is 12.5 Å². The summed E-state index contributed by atoms with van der Waals surface area (Å²) >= 11 is 0. The molecule has 144 valence electrons. The molecule has 5 heteroatoms. The Kier molecular flexibility index (Phi) is 6.50. The average molecular weight is 380 g/mol. The lowest BCUT2D eigenvalue weighted by molar-refractivity contribution is -0.115. The first kappa shape index (κ1) is 19.7. The quantitative estimate of drug-likeness (QED) is 0.616. The van der Waals surface area contributed by atoms with Crippen LogP contribution >= 0.6 is 0 Å². The van der Waals surface area contributed by atoms with Crippen molar-refractivity contribution in [3.8, 4) is 0 Å². The average Bonchev–Trinajstić information content (AvgIpc) is 2.70. The van der Waals surface area contributed by atoms with E-state index in [0.29, 0.717) is 5.56 Å². The lowest BCUT2D eigenvalue weighted by Crippen LogP contribution is -2.30. The molecule has 0 heterocycles. The highest BCUT2D eigenvalue weighted by Crippen LogP contribution is 2.19. The second-order valence-electron chi connectivity index (χ2n) is 6.64. The number of carbonyl (C=O) groups is 1. The van der Waals surface area contributed by atoms with Crippen LogP contribution in [0.3, 0.4) is 0 Å². The molecular weight excluding hydrogens is 358 g/mol. The van der Waals surface area contributed by atoms with E-state index in [1.165, 1.54) is 6.07 Å². The van der Waals surface area contributed by atoms with Gasteiger partial charge in [0, 0.05) is 11.7 Å². The molecule has 0 aliphatic rings. The summed E-state index contributed by atoms with van der Waals surface area (Å²) < 4.78 is 26.4. The van der Waals surface area contributed by atoms with E-state index in [4.69, 9.17) is 0 Å². The van der Waals surface area contributed by atoms with Crippen molar-refractivity contribution < 1.29 is 13.6 Å². The van der Waals surface area contributed by atoms with E-state index >= 15 is 0 Å². The molecule has 0 spiro atoms. The third-order valence-corrected chi connectivity index (χ3v) is 4.54. The van der Waals surface area contributed by atoms with Crippen LogP contribution in [-0.2, 0) is 11.2 Å². The molecule has 0 aromatic heterocycles. The van der Waals surface area contributed by atoms with Crippen molar-refractivity contribution in [1.82, 2.24) is 5.32 Å². The lowest BCUT2D eigenvalue weighted by Gasteiger charge is -2.15. The smallest absolute Gasteiger partial charge is 0.238 e. The molecule has 0 aliphatic heterocycles. The minimum absolute atomic E-state index is 0.0554. The number of nitrogens with one attached hydrogen (secondary N) is 2. The molecule has 0 bridgehead atoms. The monoisotopic (exact) mass is 380 g/mol. The number of anilines is 1. The standard InChI is InChI=1S/C23H22F2N2O/c1-16(18-11-12-20(24)21(25)14-18)26-15-23(28)27-22-10-6-5-9-19(22)13-17-7-3-2-4-8-17/h2-12,14,16,26H,13,15H2,1H3,(H,27,28)/t16-/m0/s1. The third-order valence-electron chi connectivity index (χ3n) is 4.54. The molecule has 28 heavy (non-hydrogen) atoms. The van der Waals surface area contributed by atoms with E-state index in [2.05, 4.69) is 10.6 Å². The Bertz CT molecular complexity index is 944. The first-order valence-corrected chi connectivity index (χ1v) is 9.13. The molecule has 0 saturated carbocycles. The van der Waals surface area contributed by atoms with Gasteiger partial charge in [-0.05, 0) is 48.2 Å². The first-order chi connectivity index (χ1) is 13.5. The van der Waals surface area contributed by atoms with Gasteiger partial charge in [0.2, 0.25) is 5.91 Å². The Morgan fingerprint density at radius 1 is 0.929 bits per heavy atom. The van der Waals surface area contributed by atoms with Gasteiger partial charge in [-0.15, -0.1) is 0 Å². The third kappa shape index (κ3) is 5.24. The Hall–Kier alpha value is -3.05. The van der Waals surface area contributed by atoms with Gasteiger partial charge in [0.15, 0.2) is 11.6 Å². The Morgan fingerprint density at radius 2 is 1.64 bits per heavy atom. The van der Waals surface area contributed by atoms with Gasteiger partial charge < -0.3 is 10.6 Å². The molecular formula is C23H22F2N2O. The van der Waals surface area contributed by atoms with E-state index in [9.17, 15) is 13.6 Å². The topological polar surface area (TPSA) is 41.1 Å². The highest BCUT2D eigenvalue weighted by molar-refractivity contribution is 5.93. The van der Waals surface area contributed by atoms with Gasteiger partial charge >= 0.3 is 0 Å². The van der Waals surface area contributed by atoms with Crippen LogP contribution in [0, 0.1) is 11.6 Å². The zero-order valence-electron chi connectivity index (χ0n) is 15.6. The van der Waals surface area contributed by atoms with E-state index < -0.39 is 11.6 Å². The van der Waals surface area contributed by atoms with Crippen molar-refractivity contribution in [2.45, 2.75) is 19.4 Å². The molecule has 0 radical (unpaired) electrons. The molecule has 1 amide bonds. The van der Waals surface area contributed by atoms with E-state index in [1.807, 2.05) is 54.6 Å². The summed E-state index contributed by atoms with van der Waals surface area (Å²) in [6.07, 6.45) is 0.718. The summed E-state index contributed by atoms with van der Waals surface area (Å²) in [5.41, 5.74) is 3.53. The molecule has 3 aromatic rings. The fourth-order valence-corrected chi connectivity index (χ4v) is 2.95. The summed E-state index contributed by atoms with van der Waals surface area (Å²) in [7, 11) is 0. The van der Waals surface area contributed by atoms with E-state index in [-0.39, 0.29) is 18.5 Å².